The first-order valence-corrected chi connectivity index (χ1v) is 6.05. The zero-order valence-corrected chi connectivity index (χ0v) is 10.7. The summed E-state index contributed by atoms with van der Waals surface area (Å²) in [4.78, 5) is 11.2. The molecule has 1 unspecified atom stereocenters. The summed E-state index contributed by atoms with van der Waals surface area (Å²) in [5.74, 6) is 0.633. The molecule has 4 heteroatoms. The summed E-state index contributed by atoms with van der Waals surface area (Å²) >= 11 is 0. The highest BCUT2D eigenvalue weighted by Gasteiger charge is 2.03. The minimum Gasteiger partial charge on any atom is -0.393 e. The summed E-state index contributed by atoms with van der Waals surface area (Å²) in [6, 6.07) is 0. The molecule has 0 aromatic heterocycles. The van der Waals surface area contributed by atoms with Crippen molar-refractivity contribution in [2.45, 2.75) is 46.1 Å². The predicted octanol–water partition coefficient (Wildman–Crippen LogP) is 1.33. The number of aliphatic hydroxyl groups excluding tert-OH is 1. The van der Waals surface area contributed by atoms with E-state index in [0.717, 1.165) is 13.0 Å². The molecule has 0 radical (unpaired) electrons. The van der Waals surface area contributed by atoms with E-state index in [-0.39, 0.29) is 5.91 Å². The van der Waals surface area contributed by atoms with Gasteiger partial charge in [0, 0.05) is 19.6 Å². The molecule has 4 nitrogen and oxygen atoms in total. The quantitative estimate of drug-likeness (QED) is 0.588. The average molecular weight is 231 g/mol. The molecule has 0 heterocycles. The second-order valence-corrected chi connectivity index (χ2v) is 4.53. The second-order valence-electron chi connectivity index (χ2n) is 4.53. The first-order valence-electron chi connectivity index (χ1n) is 6.05. The van der Waals surface area contributed by atoms with Crippen LogP contribution in [0.15, 0.2) is 0 Å². The Bertz CT molecular complexity index is 181. The fourth-order valence-electron chi connectivity index (χ4n) is 1.11. The number of amides is 1. The van der Waals surface area contributed by atoms with Crippen molar-refractivity contribution < 1.29 is 14.6 Å². The minimum absolute atomic E-state index is 0.0200. The summed E-state index contributed by atoms with van der Waals surface area (Å²) in [5, 5.41) is 11.7. The van der Waals surface area contributed by atoms with Gasteiger partial charge in [-0.2, -0.15) is 0 Å². The Morgan fingerprint density at radius 3 is 2.50 bits per heavy atom. The third-order valence-corrected chi connectivity index (χ3v) is 2.20. The van der Waals surface area contributed by atoms with E-state index in [1.807, 2.05) is 0 Å². The largest absolute Gasteiger partial charge is 0.393 e. The third-order valence-electron chi connectivity index (χ3n) is 2.20. The first-order chi connectivity index (χ1) is 7.52. The normalized spacial score (nSPS) is 12.8. The number of nitrogens with one attached hydrogen (secondary N) is 1. The Balaban J connectivity index is 3.21. The van der Waals surface area contributed by atoms with Gasteiger partial charge in [0.05, 0.1) is 12.7 Å². The highest BCUT2D eigenvalue weighted by Crippen LogP contribution is 1.98. The third kappa shape index (κ3) is 11.5. The van der Waals surface area contributed by atoms with Gasteiger partial charge in [0.25, 0.3) is 0 Å². The summed E-state index contributed by atoms with van der Waals surface area (Å²) in [5.41, 5.74) is 0. The van der Waals surface area contributed by atoms with E-state index in [1.54, 1.807) is 6.92 Å². The van der Waals surface area contributed by atoms with Crippen molar-refractivity contribution in [1.82, 2.24) is 5.32 Å². The number of aliphatic hydroxyl groups is 1. The van der Waals surface area contributed by atoms with Crippen LogP contribution in [0.1, 0.15) is 40.0 Å². The maximum absolute atomic E-state index is 11.2. The molecule has 0 rings (SSSR count). The molecule has 0 aromatic rings. The van der Waals surface area contributed by atoms with E-state index < -0.39 is 6.10 Å². The number of ether oxygens (including phenoxy) is 1. The van der Waals surface area contributed by atoms with Crippen LogP contribution in [-0.2, 0) is 9.53 Å². The molecule has 16 heavy (non-hydrogen) atoms. The van der Waals surface area contributed by atoms with Crippen molar-refractivity contribution in [3.8, 4) is 0 Å². The highest BCUT2D eigenvalue weighted by atomic mass is 16.5. The van der Waals surface area contributed by atoms with Gasteiger partial charge in [-0.1, -0.05) is 13.8 Å². The number of carbonyl (C=O) groups excluding carboxylic acids is 1. The molecule has 0 aliphatic rings. The summed E-state index contributed by atoms with van der Waals surface area (Å²) in [7, 11) is 0. The number of hydrogen-bond acceptors (Lipinski definition) is 3. The van der Waals surface area contributed by atoms with E-state index in [4.69, 9.17) is 9.84 Å². The molecule has 0 spiro atoms. The molecule has 1 amide bonds. The van der Waals surface area contributed by atoms with Crippen molar-refractivity contribution in [3.63, 3.8) is 0 Å². The average Bonchev–Trinajstić information content (AvgIpc) is 2.19. The molecule has 1 atom stereocenters. The molecule has 0 saturated carbocycles. The summed E-state index contributed by atoms with van der Waals surface area (Å²) < 4.78 is 5.36. The first kappa shape index (κ1) is 15.4. The Morgan fingerprint density at radius 2 is 1.94 bits per heavy atom. The lowest BCUT2D eigenvalue weighted by Gasteiger charge is -2.08. The minimum atomic E-state index is -0.409. The lowest BCUT2D eigenvalue weighted by molar-refractivity contribution is -0.121. The van der Waals surface area contributed by atoms with Crippen LogP contribution in [0.4, 0.5) is 0 Å². The fraction of sp³-hybridized carbons (Fsp3) is 0.917. The van der Waals surface area contributed by atoms with E-state index in [1.165, 1.54) is 0 Å². The van der Waals surface area contributed by atoms with Crippen LogP contribution in [-0.4, -0.2) is 36.9 Å². The molecular formula is C12H25NO3. The maximum atomic E-state index is 11.2. The van der Waals surface area contributed by atoms with Gasteiger partial charge in [0.1, 0.15) is 0 Å². The number of rotatable bonds is 9. The molecule has 2 N–H and O–H groups in total. The molecule has 0 aromatic carbocycles. The molecule has 0 aliphatic heterocycles. The van der Waals surface area contributed by atoms with Crippen LogP contribution < -0.4 is 5.32 Å². The topological polar surface area (TPSA) is 58.6 Å². The van der Waals surface area contributed by atoms with Crippen molar-refractivity contribution >= 4 is 5.91 Å². The Labute approximate surface area is 98.4 Å². The van der Waals surface area contributed by atoms with Gasteiger partial charge >= 0.3 is 0 Å². The molecule has 0 fully saturated rings. The lowest BCUT2D eigenvalue weighted by Crippen LogP contribution is -2.27. The van der Waals surface area contributed by atoms with Gasteiger partial charge in [0.2, 0.25) is 5.91 Å². The standard InChI is InChI=1S/C12H25NO3/c1-10(2)6-8-16-9-7-13-12(15)5-4-11(3)14/h10-11,14H,4-9H2,1-3H3,(H,13,15). The predicted molar refractivity (Wildman–Crippen MR) is 64.2 cm³/mol. The Kier molecular flexibility index (Phi) is 9.24. The van der Waals surface area contributed by atoms with E-state index in [9.17, 15) is 4.79 Å². The number of carbonyl (C=O) groups is 1. The lowest BCUT2D eigenvalue weighted by atomic mass is 10.1. The van der Waals surface area contributed by atoms with Crippen molar-refractivity contribution in [2.75, 3.05) is 19.8 Å². The molecule has 96 valence electrons. The van der Waals surface area contributed by atoms with E-state index in [2.05, 4.69) is 19.2 Å². The molecule has 0 aliphatic carbocycles. The van der Waals surface area contributed by atoms with Crippen molar-refractivity contribution in [2.24, 2.45) is 5.92 Å². The van der Waals surface area contributed by atoms with Gasteiger partial charge in [-0.05, 0) is 25.7 Å². The summed E-state index contributed by atoms with van der Waals surface area (Å²) in [6.45, 7) is 7.86. The Hall–Kier alpha value is -0.610. The van der Waals surface area contributed by atoms with Gasteiger partial charge in [0.15, 0.2) is 0 Å². The van der Waals surface area contributed by atoms with Gasteiger partial charge in [-0.25, -0.2) is 0 Å². The summed E-state index contributed by atoms with van der Waals surface area (Å²) in [6.07, 6.45) is 1.53. The van der Waals surface area contributed by atoms with Gasteiger partial charge < -0.3 is 15.2 Å². The van der Waals surface area contributed by atoms with Crippen molar-refractivity contribution in [3.05, 3.63) is 0 Å². The second kappa shape index (κ2) is 9.60. The highest BCUT2D eigenvalue weighted by molar-refractivity contribution is 5.75. The van der Waals surface area contributed by atoms with Gasteiger partial charge in [-0.15, -0.1) is 0 Å². The SMILES string of the molecule is CC(C)CCOCCNC(=O)CCC(C)O. The maximum Gasteiger partial charge on any atom is 0.220 e. The van der Waals surface area contributed by atoms with Crippen LogP contribution in [0.3, 0.4) is 0 Å². The smallest absolute Gasteiger partial charge is 0.220 e. The van der Waals surface area contributed by atoms with Crippen LogP contribution in [0.2, 0.25) is 0 Å². The van der Waals surface area contributed by atoms with Gasteiger partial charge in [-0.3, -0.25) is 4.79 Å². The van der Waals surface area contributed by atoms with Crippen LogP contribution >= 0.6 is 0 Å². The Morgan fingerprint density at radius 1 is 1.25 bits per heavy atom. The van der Waals surface area contributed by atoms with E-state index >= 15 is 0 Å². The van der Waals surface area contributed by atoms with Crippen LogP contribution in [0.25, 0.3) is 0 Å². The van der Waals surface area contributed by atoms with E-state index in [0.29, 0.717) is 31.9 Å². The van der Waals surface area contributed by atoms with Crippen molar-refractivity contribution in [1.29, 1.82) is 0 Å². The molecular weight excluding hydrogens is 206 g/mol. The monoisotopic (exact) mass is 231 g/mol. The van der Waals surface area contributed by atoms with Crippen LogP contribution in [0, 0.1) is 5.92 Å². The van der Waals surface area contributed by atoms with Crippen LogP contribution in [0.5, 0.6) is 0 Å². The molecule has 0 saturated heterocycles. The molecule has 0 bridgehead atoms. The number of hydrogen-bond donors (Lipinski definition) is 2. The fourth-order valence-corrected chi connectivity index (χ4v) is 1.11. The zero-order valence-electron chi connectivity index (χ0n) is 10.7. The zero-order chi connectivity index (χ0) is 12.4.